The van der Waals surface area contributed by atoms with Crippen molar-refractivity contribution in [2.75, 3.05) is 0 Å². The van der Waals surface area contributed by atoms with E-state index in [1.165, 1.54) is 11.1 Å². The summed E-state index contributed by atoms with van der Waals surface area (Å²) in [6.45, 7) is 13.9. The summed E-state index contributed by atoms with van der Waals surface area (Å²) >= 11 is 0. The number of H-pyrrole nitrogens is 1. The molecule has 7 nitrogen and oxygen atoms in total. The second-order valence-corrected chi connectivity index (χ2v) is 10.1. The molecule has 0 fully saturated rings. The van der Waals surface area contributed by atoms with Crippen LogP contribution in [0.25, 0.3) is 10.9 Å². The molecule has 1 atom stereocenters. The number of nitrogens with one attached hydrogen (secondary N) is 1. The van der Waals surface area contributed by atoms with E-state index in [2.05, 4.69) is 84.3 Å². The Morgan fingerprint density at radius 1 is 1.06 bits per heavy atom. The van der Waals surface area contributed by atoms with E-state index in [1.807, 2.05) is 35.9 Å². The third-order valence-corrected chi connectivity index (χ3v) is 7.03. The van der Waals surface area contributed by atoms with Crippen molar-refractivity contribution in [2.45, 2.75) is 79.1 Å². The van der Waals surface area contributed by atoms with Crippen LogP contribution < -0.4 is 5.56 Å². The second-order valence-electron chi connectivity index (χ2n) is 10.1. The number of nitrogens with zero attached hydrogens (tertiary/aromatic N) is 5. The smallest absolute Gasteiger partial charge is 0.252 e. The summed E-state index contributed by atoms with van der Waals surface area (Å²) in [6.07, 6.45) is 1.72. The number of aromatic nitrogens is 5. The molecule has 0 aliphatic carbocycles. The summed E-state index contributed by atoms with van der Waals surface area (Å²) in [5.41, 5.74) is 4.83. The van der Waals surface area contributed by atoms with Gasteiger partial charge in [0, 0.05) is 18.7 Å². The van der Waals surface area contributed by atoms with E-state index in [0.717, 1.165) is 40.7 Å². The zero-order chi connectivity index (χ0) is 25.2. The molecule has 2 aromatic carbocycles. The number of aryl methyl sites for hydroxylation is 2. The van der Waals surface area contributed by atoms with Crippen molar-refractivity contribution in [3.63, 3.8) is 0 Å². The van der Waals surface area contributed by atoms with Gasteiger partial charge in [-0.3, -0.25) is 9.69 Å². The Kier molecular flexibility index (Phi) is 7.17. The molecular formula is C28H36N6O. The minimum Gasteiger partial charge on any atom is -0.321 e. The average Bonchev–Trinajstić information content (AvgIpc) is 3.32. The predicted octanol–water partition coefficient (Wildman–Crippen LogP) is 5.43. The van der Waals surface area contributed by atoms with E-state index < -0.39 is 0 Å². The fourth-order valence-corrected chi connectivity index (χ4v) is 4.75. The van der Waals surface area contributed by atoms with Gasteiger partial charge < -0.3 is 4.98 Å². The number of benzene rings is 2. The highest BCUT2D eigenvalue weighted by Gasteiger charge is 2.31. The lowest BCUT2D eigenvalue weighted by Crippen LogP contribution is -2.36. The largest absolute Gasteiger partial charge is 0.321 e. The van der Waals surface area contributed by atoms with Crippen LogP contribution in [0.2, 0.25) is 0 Å². The van der Waals surface area contributed by atoms with E-state index in [1.54, 1.807) is 0 Å². The van der Waals surface area contributed by atoms with Crippen molar-refractivity contribution in [1.82, 2.24) is 30.1 Å². The molecule has 0 unspecified atom stereocenters. The molecule has 4 aromatic rings. The third-order valence-electron chi connectivity index (χ3n) is 7.03. The van der Waals surface area contributed by atoms with Gasteiger partial charge in [-0.2, -0.15) is 0 Å². The lowest BCUT2D eigenvalue weighted by molar-refractivity contribution is 0.150. The van der Waals surface area contributed by atoms with Crippen LogP contribution in [0.5, 0.6) is 0 Å². The Bertz CT molecular complexity index is 1360. The molecule has 2 heterocycles. The molecule has 0 bridgehead atoms. The van der Waals surface area contributed by atoms with Crippen LogP contribution in [0.15, 0.2) is 53.3 Å². The number of pyridine rings is 1. The number of hydrogen-bond donors (Lipinski definition) is 1. The number of rotatable bonds is 9. The first-order chi connectivity index (χ1) is 16.7. The highest BCUT2D eigenvalue weighted by molar-refractivity contribution is 5.82. The molecule has 0 saturated carbocycles. The Morgan fingerprint density at radius 3 is 2.49 bits per heavy atom. The van der Waals surface area contributed by atoms with E-state index in [4.69, 9.17) is 0 Å². The quantitative estimate of drug-likeness (QED) is 0.351. The van der Waals surface area contributed by atoms with Crippen LogP contribution in [-0.4, -0.2) is 30.1 Å². The first kappa shape index (κ1) is 24.8. The van der Waals surface area contributed by atoms with Crippen molar-refractivity contribution in [2.24, 2.45) is 0 Å². The van der Waals surface area contributed by atoms with Crippen molar-refractivity contribution in [1.29, 1.82) is 0 Å². The minimum absolute atomic E-state index is 0.0501. The lowest BCUT2D eigenvalue weighted by Gasteiger charge is -2.33. The minimum atomic E-state index is -0.208. The Hall–Kier alpha value is -3.32. The number of aromatic amines is 1. The maximum Gasteiger partial charge on any atom is 0.252 e. The molecule has 184 valence electrons. The predicted molar refractivity (Wildman–Crippen MR) is 140 cm³/mol. The van der Waals surface area contributed by atoms with Gasteiger partial charge in [0.2, 0.25) is 0 Å². The van der Waals surface area contributed by atoms with E-state index in [-0.39, 0.29) is 17.1 Å². The molecule has 0 aliphatic heterocycles. The van der Waals surface area contributed by atoms with Gasteiger partial charge in [0.05, 0.1) is 17.1 Å². The molecule has 0 saturated heterocycles. The van der Waals surface area contributed by atoms with Gasteiger partial charge in [-0.05, 0) is 79.6 Å². The molecule has 35 heavy (non-hydrogen) atoms. The van der Waals surface area contributed by atoms with Crippen LogP contribution in [-0.2, 0) is 18.6 Å². The van der Waals surface area contributed by atoms with Crippen molar-refractivity contribution >= 4 is 10.9 Å². The Labute approximate surface area is 207 Å². The fraction of sp³-hybridized carbons (Fsp3) is 0.429. The summed E-state index contributed by atoms with van der Waals surface area (Å²) < 4.78 is 1.95. The van der Waals surface area contributed by atoms with E-state index in [9.17, 15) is 4.79 Å². The molecule has 2 aromatic heterocycles. The monoisotopic (exact) mass is 472 g/mol. The summed E-state index contributed by atoms with van der Waals surface area (Å²) in [5.74, 6) is 0.833. The molecule has 0 radical (unpaired) electrons. The third kappa shape index (κ3) is 5.20. The Morgan fingerprint density at radius 2 is 1.80 bits per heavy atom. The first-order valence-corrected chi connectivity index (χ1v) is 12.4. The van der Waals surface area contributed by atoms with E-state index in [0.29, 0.717) is 13.1 Å². The van der Waals surface area contributed by atoms with Gasteiger partial charge in [-0.1, -0.05) is 55.8 Å². The topological polar surface area (TPSA) is 79.7 Å². The van der Waals surface area contributed by atoms with Crippen molar-refractivity contribution in [3.8, 4) is 0 Å². The van der Waals surface area contributed by atoms with Crippen molar-refractivity contribution in [3.05, 3.63) is 87.0 Å². The maximum absolute atomic E-state index is 13.2. The number of hydrogen-bond acceptors (Lipinski definition) is 5. The zero-order valence-electron chi connectivity index (χ0n) is 21.7. The van der Waals surface area contributed by atoms with Crippen LogP contribution in [0.3, 0.4) is 0 Å². The number of tetrazole rings is 1. The Balaban J connectivity index is 1.79. The molecule has 4 rings (SSSR count). The van der Waals surface area contributed by atoms with Gasteiger partial charge in [-0.25, -0.2) is 4.68 Å². The molecule has 0 aliphatic rings. The lowest BCUT2D eigenvalue weighted by atomic mass is 10.0. The first-order valence-electron chi connectivity index (χ1n) is 12.4. The van der Waals surface area contributed by atoms with Gasteiger partial charge in [0.15, 0.2) is 5.82 Å². The summed E-state index contributed by atoms with van der Waals surface area (Å²) in [7, 11) is 0. The summed E-state index contributed by atoms with van der Waals surface area (Å²) in [6, 6.07) is 16.6. The SMILES string of the molecule is CC[C@@H](c1nnnn1C(C)(C)CC)N(Cc1ccccc1)Cc1cc2cc(C)cc(C)c2[nH]c1=O. The number of fused-ring (bicyclic) bond motifs is 1. The summed E-state index contributed by atoms with van der Waals surface area (Å²) in [4.78, 5) is 18.7. The standard InChI is InChI=1S/C28H36N6O/c1-7-24(26-30-31-32-34(26)28(5,6)8-2)33(17-21-12-10-9-11-13-21)18-23-16-22-15-19(3)14-20(4)25(22)29-27(23)35/h9-16,24H,7-8,17-18H2,1-6H3,(H,29,35)/t24-/m0/s1. The van der Waals surface area contributed by atoms with E-state index >= 15 is 0 Å². The van der Waals surface area contributed by atoms with Crippen LogP contribution in [0.1, 0.15) is 74.7 Å². The highest BCUT2D eigenvalue weighted by Crippen LogP contribution is 2.30. The summed E-state index contributed by atoms with van der Waals surface area (Å²) in [5, 5.41) is 13.9. The van der Waals surface area contributed by atoms with Crippen LogP contribution >= 0.6 is 0 Å². The second kappa shape index (κ2) is 10.1. The van der Waals surface area contributed by atoms with Crippen molar-refractivity contribution < 1.29 is 0 Å². The molecule has 0 spiro atoms. The highest BCUT2D eigenvalue weighted by atomic mass is 16.1. The van der Waals surface area contributed by atoms with Gasteiger partial charge >= 0.3 is 0 Å². The average molecular weight is 473 g/mol. The fourth-order valence-electron chi connectivity index (χ4n) is 4.75. The molecule has 7 heteroatoms. The normalized spacial score (nSPS) is 13.0. The molecular weight excluding hydrogens is 436 g/mol. The van der Waals surface area contributed by atoms with Gasteiger partial charge in [0.25, 0.3) is 5.56 Å². The zero-order valence-corrected chi connectivity index (χ0v) is 21.7. The van der Waals surface area contributed by atoms with Crippen LogP contribution in [0.4, 0.5) is 0 Å². The molecule has 0 amide bonds. The van der Waals surface area contributed by atoms with Crippen LogP contribution in [0, 0.1) is 13.8 Å². The maximum atomic E-state index is 13.2. The van der Waals surface area contributed by atoms with Gasteiger partial charge in [0.1, 0.15) is 0 Å². The molecule has 1 N–H and O–H groups in total. The van der Waals surface area contributed by atoms with Gasteiger partial charge in [-0.15, -0.1) is 5.10 Å².